The van der Waals surface area contributed by atoms with Crippen molar-refractivity contribution in [3.8, 4) is 0 Å². The monoisotopic (exact) mass is 2320 g/mol. The average Bonchev–Trinajstić information content (AvgIpc) is 0.791. The molecular formula is C54H70I9N9O21. The number of anilines is 3. The van der Waals surface area contributed by atoms with Gasteiger partial charge in [0.2, 0.25) is 0 Å². The van der Waals surface area contributed by atoms with E-state index < -0.39 is 129 Å². The maximum atomic E-state index is 13.9. The number of likely N-dealkylation sites (N-methyl/N-ethyl adjacent to an activating group) is 3. The van der Waals surface area contributed by atoms with E-state index in [1.165, 1.54) is 26.0 Å². The van der Waals surface area contributed by atoms with E-state index in [9.17, 15) is 94.2 Å². The van der Waals surface area contributed by atoms with Crippen molar-refractivity contribution in [2.75, 3.05) is 116 Å². The largest absolute Gasteiger partial charge is 0.394 e. The molecule has 0 aliphatic heterocycles. The maximum absolute atomic E-state index is 13.9. The van der Waals surface area contributed by atoms with Crippen LogP contribution >= 0.6 is 203 Å². The first-order valence-corrected chi connectivity index (χ1v) is 37.1. The summed E-state index contributed by atoms with van der Waals surface area (Å²) in [7, 11) is 4.22. The highest BCUT2D eigenvalue weighted by Crippen LogP contribution is 2.40. The highest BCUT2D eigenvalue weighted by atomic mass is 127. The Hall–Kier alpha value is -1.02. The van der Waals surface area contributed by atoms with Crippen LogP contribution in [0, 0.1) is 38.0 Å². The summed E-state index contributed by atoms with van der Waals surface area (Å²) in [5, 5.41) is 130. The molecule has 0 aliphatic rings. The van der Waals surface area contributed by atoms with E-state index in [1.54, 1.807) is 6.92 Å². The van der Waals surface area contributed by atoms with E-state index in [-0.39, 0.29) is 111 Å². The molecule has 30 nitrogen and oxygen atoms in total. The normalized spacial score (nSPS) is 13.4. The third kappa shape index (κ3) is 24.4. The molecule has 6 atom stereocenters. The first kappa shape index (κ1) is 88.1. The summed E-state index contributed by atoms with van der Waals surface area (Å²) in [5.41, 5.74) is 0.650. The number of halogens is 9. The minimum absolute atomic E-state index is 0.0177. The summed E-state index contributed by atoms with van der Waals surface area (Å²) < 4.78 is 2.44. The quantitative estimate of drug-likeness (QED) is 0.0382. The molecule has 0 saturated carbocycles. The van der Waals surface area contributed by atoms with Gasteiger partial charge in [-0.3, -0.25) is 43.2 Å². The zero-order valence-corrected chi connectivity index (χ0v) is 69.3. The number of rotatable bonds is 32. The molecule has 93 heavy (non-hydrogen) atoms. The van der Waals surface area contributed by atoms with Crippen LogP contribution in [0.5, 0.6) is 0 Å². The third-order valence-corrected chi connectivity index (χ3v) is 22.9. The van der Waals surface area contributed by atoms with Gasteiger partial charge in [0.05, 0.1) is 130 Å². The number of nitrogens with zero attached hydrogens (tertiary/aromatic N) is 3. The van der Waals surface area contributed by atoms with Crippen LogP contribution in [0.1, 0.15) is 95.3 Å². The molecular weight excluding hydrogens is 2250 g/mol. The summed E-state index contributed by atoms with van der Waals surface area (Å²) in [6, 6.07) is 0. The molecule has 18 N–H and O–H groups in total. The molecule has 9 amide bonds. The molecule has 520 valence electrons. The lowest BCUT2D eigenvalue weighted by Crippen LogP contribution is -2.38. The van der Waals surface area contributed by atoms with Gasteiger partial charge in [-0.15, -0.1) is 0 Å². The summed E-state index contributed by atoms with van der Waals surface area (Å²) in [6.45, 7) is -0.604. The molecule has 0 heterocycles. The lowest BCUT2D eigenvalue weighted by atomic mass is 9.98. The molecule has 3 aromatic rings. The molecule has 0 fully saturated rings. The van der Waals surface area contributed by atoms with Crippen molar-refractivity contribution in [2.45, 2.75) is 69.7 Å². The van der Waals surface area contributed by atoms with Gasteiger partial charge in [0.1, 0.15) is 0 Å². The van der Waals surface area contributed by atoms with E-state index in [0.29, 0.717) is 36.5 Å². The van der Waals surface area contributed by atoms with Gasteiger partial charge in [-0.05, 0) is 229 Å². The minimum Gasteiger partial charge on any atom is -0.394 e. The molecule has 6 unspecified atom stereocenters. The van der Waals surface area contributed by atoms with Crippen LogP contribution in [0.25, 0.3) is 0 Å². The van der Waals surface area contributed by atoms with Crippen LogP contribution in [-0.4, -0.2) is 266 Å². The summed E-state index contributed by atoms with van der Waals surface area (Å²) in [6.07, 6.45) is -7.35. The molecule has 39 heteroatoms. The van der Waals surface area contributed by atoms with Crippen LogP contribution in [0.3, 0.4) is 0 Å². The fourth-order valence-electron chi connectivity index (χ4n) is 8.05. The maximum Gasteiger partial charge on any atom is 0.255 e. The summed E-state index contributed by atoms with van der Waals surface area (Å²) >= 11 is 16.6. The van der Waals surface area contributed by atoms with Crippen molar-refractivity contribution in [2.24, 2.45) is 5.92 Å². The van der Waals surface area contributed by atoms with Crippen LogP contribution in [0.15, 0.2) is 0 Å². The standard InChI is InChI=1S/C37H48I6N6O14.C17H22I3N3O7/c1-4-15(5-7-44-34(60)20-24(38)22(36(62)48(2)9-16(54)11-50)28(42)30(26(20)40)46-32(58)18(56)13-52)6-8-45-35(61)21-25(39)23(37(63)49(3)10-17(55)12-51)29(43)31(27(21)41)47-33(59)19(57)14-53;1-3-21-16(29)9-11(18)10(17(30)23(2)4-7(26)5-24)13(20)14(12(9)19)22-15(28)8(27)6-25/h15-19,50-57H,4-14H2,1-3H3,(H,44,60)(H,45,61)(H,46,58)(H,47,59);7-8,24-27H,3-6H2,1-2H3,(H,21,29)(H,22,28). The van der Waals surface area contributed by atoms with Gasteiger partial charge in [-0.2, -0.15) is 0 Å². The first-order valence-electron chi connectivity index (χ1n) is 27.4. The van der Waals surface area contributed by atoms with E-state index in [1.807, 2.05) is 210 Å². The van der Waals surface area contributed by atoms with Crippen LogP contribution < -0.4 is 31.9 Å². The highest BCUT2D eigenvalue weighted by molar-refractivity contribution is 14.1. The van der Waals surface area contributed by atoms with Gasteiger partial charge in [-0.25, -0.2) is 0 Å². The molecule has 3 aromatic carbocycles. The molecule has 0 aliphatic carbocycles. The fraction of sp³-hybridized carbons (Fsp3) is 0.500. The summed E-state index contributed by atoms with van der Waals surface area (Å²) in [4.78, 5) is 122. The zero-order valence-electron chi connectivity index (χ0n) is 49.9. The Labute approximate surface area is 657 Å². The zero-order chi connectivity index (χ0) is 71.2. The van der Waals surface area contributed by atoms with Crippen molar-refractivity contribution in [1.82, 2.24) is 30.7 Å². The van der Waals surface area contributed by atoms with E-state index in [0.717, 1.165) is 9.80 Å². The van der Waals surface area contributed by atoms with E-state index in [2.05, 4.69) is 31.9 Å². The lowest BCUT2D eigenvalue weighted by molar-refractivity contribution is -0.126. The Kier molecular flexibility index (Phi) is 40.7. The van der Waals surface area contributed by atoms with E-state index >= 15 is 0 Å². The number of aliphatic hydroxyl groups excluding tert-OH is 12. The number of nitrogens with one attached hydrogen (secondary N) is 6. The van der Waals surface area contributed by atoms with Crippen molar-refractivity contribution in [3.63, 3.8) is 0 Å². The second kappa shape index (κ2) is 42.9. The van der Waals surface area contributed by atoms with Crippen molar-refractivity contribution in [1.29, 1.82) is 0 Å². The second-order valence-electron chi connectivity index (χ2n) is 20.1. The predicted octanol–water partition coefficient (Wildman–Crippen LogP) is 0.681. The van der Waals surface area contributed by atoms with Crippen LogP contribution in [0.4, 0.5) is 17.1 Å². The SMILES string of the molecule is CCC(CCNC(=O)c1c(I)c(NC(=O)C(O)CO)c(I)c(C(=O)N(C)CC(O)CO)c1I)CCNC(=O)c1c(I)c(NC(=O)C(O)CO)c(I)c(C(=O)N(C)CC(O)CO)c1I.CCNC(=O)c1c(I)c(NC(=O)C(O)CO)c(I)c(C(=O)N(C)CC(O)CO)c1I. The van der Waals surface area contributed by atoms with Crippen molar-refractivity contribution < 1.29 is 104 Å². The molecule has 0 bridgehead atoms. The van der Waals surface area contributed by atoms with Gasteiger partial charge in [0.15, 0.2) is 18.3 Å². The number of aliphatic hydroxyl groups is 12. The second-order valence-corrected chi connectivity index (χ2v) is 29.8. The Morgan fingerprint density at radius 2 is 0.602 bits per heavy atom. The molecule has 0 saturated heterocycles. The van der Waals surface area contributed by atoms with Gasteiger partial charge in [0.25, 0.3) is 53.2 Å². The Morgan fingerprint density at radius 1 is 0.366 bits per heavy atom. The topological polar surface area (TPSA) is 478 Å². The van der Waals surface area contributed by atoms with Gasteiger partial charge in [0, 0.05) is 71.1 Å². The minimum atomic E-state index is -1.79. The predicted molar refractivity (Wildman–Crippen MR) is 415 cm³/mol. The smallest absolute Gasteiger partial charge is 0.255 e. The average molecular weight is 2320 g/mol. The molecule has 3 rings (SSSR count). The summed E-state index contributed by atoms with van der Waals surface area (Å²) in [5.74, 6) is -6.30. The number of amides is 9. The van der Waals surface area contributed by atoms with Crippen molar-refractivity contribution in [3.05, 3.63) is 65.5 Å². The number of hydrogen-bond donors (Lipinski definition) is 18. The fourth-order valence-corrected chi connectivity index (χ4v) is 21.2. The van der Waals surface area contributed by atoms with Crippen molar-refractivity contribution >= 4 is 274 Å². The number of carbonyl (C=O) groups excluding carboxylic acids is 9. The number of carbonyl (C=O) groups is 9. The highest BCUT2D eigenvalue weighted by Gasteiger charge is 2.35. The number of benzene rings is 3. The van der Waals surface area contributed by atoms with Crippen LogP contribution in [0.2, 0.25) is 0 Å². The molecule has 0 radical (unpaired) electrons. The van der Waals surface area contributed by atoms with Gasteiger partial charge in [-0.1, -0.05) is 13.3 Å². The lowest BCUT2D eigenvalue weighted by Gasteiger charge is -2.25. The Morgan fingerprint density at radius 3 is 0.817 bits per heavy atom. The third-order valence-electron chi connectivity index (χ3n) is 13.2. The first-order chi connectivity index (χ1) is 43.5. The Bertz CT molecular complexity index is 3080. The van der Waals surface area contributed by atoms with Crippen LogP contribution in [-0.2, 0) is 14.4 Å². The molecule has 0 spiro atoms. The van der Waals surface area contributed by atoms with E-state index in [4.69, 9.17) is 10.2 Å². The van der Waals surface area contributed by atoms with Gasteiger partial charge >= 0.3 is 0 Å². The molecule has 0 aromatic heterocycles. The number of hydrogen-bond acceptors (Lipinski definition) is 21. The van der Waals surface area contributed by atoms with Gasteiger partial charge < -0.3 is 108 Å². The Balaban J connectivity index is 0.000000818.